The van der Waals surface area contributed by atoms with E-state index in [2.05, 4.69) is 5.10 Å². The number of aromatic nitrogens is 3. The minimum absolute atomic E-state index is 0.108. The zero-order valence-electron chi connectivity index (χ0n) is 8.14. The van der Waals surface area contributed by atoms with Crippen molar-refractivity contribution in [3.8, 4) is 11.4 Å². The van der Waals surface area contributed by atoms with E-state index in [0.29, 0.717) is 5.82 Å². The Kier molecular flexibility index (Phi) is 1.96. The van der Waals surface area contributed by atoms with Gasteiger partial charge in [-0.05, 0) is 0 Å². The van der Waals surface area contributed by atoms with Crippen LogP contribution in [0.15, 0.2) is 35.1 Å². The minimum atomic E-state index is -0.108. The third-order valence-electron chi connectivity index (χ3n) is 2.16. The van der Waals surface area contributed by atoms with E-state index >= 15 is 0 Å². The predicted octanol–water partition coefficient (Wildman–Crippen LogP) is 0.786. The van der Waals surface area contributed by atoms with E-state index in [1.54, 1.807) is 14.1 Å². The lowest BCUT2D eigenvalue weighted by Crippen LogP contribution is -2.20. The molecule has 0 aliphatic carbocycles. The summed E-state index contributed by atoms with van der Waals surface area (Å²) in [6, 6.07) is 9.65. The second-order valence-electron chi connectivity index (χ2n) is 3.15. The quantitative estimate of drug-likeness (QED) is 0.665. The summed E-state index contributed by atoms with van der Waals surface area (Å²) in [5.41, 5.74) is 0.844. The molecule has 2 rings (SSSR count). The molecule has 0 aliphatic rings. The molecular formula is C10H11N3O. The van der Waals surface area contributed by atoms with Gasteiger partial charge in [0.05, 0.1) is 0 Å². The van der Waals surface area contributed by atoms with Crippen LogP contribution in [0.5, 0.6) is 0 Å². The number of benzene rings is 1. The molecule has 0 fully saturated rings. The van der Waals surface area contributed by atoms with Crippen molar-refractivity contribution in [3.63, 3.8) is 0 Å². The smallest absolute Gasteiger partial charge is 0.278 e. The van der Waals surface area contributed by atoms with Crippen LogP contribution in [0.4, 0.5) is 0 Å². The Bertz CT molecular complexity index is 496. The van der Waals surface area contributed by atoms with Crippen molar-refractivity contribution >= 4 is 0 Å². The summed E-state index contributed by atoms with van der Waals surface area (Å²) < 4.78 is 2.87. The summed E-state index contributed by atoms with van der Waals surface area (Å²) in [4.78, 5) is 11.4. The van der Waals surface area contributed by atoms with Gasteiger partial charge in [-0.25, -0.2) is 9.48 Å². The Hall–Kier alpha value is -1.84. The van der Waals surface area contributed by atoms with Gasteiger partial charge in [0, 0.05) is 19.7 Å². The van der Waals surface area contributed by atoms with Crippen molar-refractivity contribution in [3.05, 3.63) is 40.8 Å². The van der Waals surface area contributed by atoms with Gasteiger partial charge in [-0.2, -0.15) is 0 Å². The molecule has 0 amide bonds. The van der Waals surface area contributed by atoms with E-state index in [9.17, 15) is 4.79 Å². The van der Waals surface area contributed by atoms with Crippen LogP contribution in [-0.2, 0) is 14.1 Å². The van der Waals surface area contributed by atoms with Crippen LogP contribution in [0.2, 0.25) is 0 Å². The number of aryl methyl sites for hydroxylation is 1. The van der Waals surface area contributed by atoms with Crippen molar-refractivity contribution in [1.82, 2.24) is 14.3 Å². The van der Waals surface area contributed by atoms with Gasteiger partial charge in [-0.3, -0.25) is 4.57 Å². The molecule has 4 nitrogen and oxygen atoms in total. The predicted molar refractivity (Wildman–Crippen MR) is 53.9 cm³/mol. The molecule has 72 valence electrons. The maximum Gasteiger partial charge on any atom is 0.345 e. The van der Waals surface area contributed by atoms with Crippen molar-refractivity contribution in [2.75, 3.05) is 0 Å². The second kappa shape index (κ2) is 3.14. The summed E-state index contributed by atoms with van der Waals surface area (Å²) in [7, 11) is 3.37. The molecule has 0 saturated carbocycles. The highest BCUT2D eigenvalue weighted by Gasteiger charge is 2.08. The first-order chi connectivity index (χ1) is 6.70. The molecule has 14 heavy (non-hydrogen) atoms. The lowest BCUT2D eigenvalue weighted by atomic mass is 10.2. The van der Waals surface area contributed by atoms with Crippen LogP contribution >= 0.6 is 0 Å². The van der Waals surface area contributed by atoms with Crippen LogP contribution in [-0.4, -0.2) is 14.3 Å². The summed E-state index contributed by atoms with van der Waals surface area (Å²) >= 11 is 0. The molecule has 0 N–H and O–H groups in total. The fourth-order valence-electron chi connectivity index (χ4n) is 1.40. The first-order valence-corrected chi connectivity index (χ1v) is 4.35. The Balaban J connectivity index is 2.64. The third-order valence-corrected chi connectivity index (χ3v) is 2.16. The monoisotopic (exact) mass is 189 g/mol. The first kappa shape index (κ1) is 8.74. The normalized spacial score (nSPS) is 10.4. The van der Waals surface area contributed by atoms with Crippen LogP contribution in [0.1, 0.15) is 0 Å². The van der Waals surface area contributed by atoms with Gasteiger partial charge in [-0.1, -0.05) is 30.3 Å². The fraction of sp³-hybridized carbons (Fsp3) is 0.200. The standard InChI is InChI=1S/C10H11N3O/c1-12-9(11-13(2)10(12)14)8-6-4-3-5-7-8/h3-7H,1-2H3. The summed E-state index contributed by atoms with van der Waals surface area (Å²) in [5.74, 6) is 0.693. The number of nitrogens with zero attached hydrogens (tertiary/aromatic N) is 3. The van der Waals surface area contributed by atoms with Crippen molar-refractivity contribution < 1.29 is 0 Å². The zero-order chi connectivity index (χ0) is 10.1. The van der Waals surface area contributed by atoms with Gasteiger partial charge in [0.1, 0.15) is 0 Å². The molecule has 0 radical (unpaired) electrons. The topological polar surface area (TPSA) is 39.8 Å². The molecule has 2 aromatic rings. The number of rotatable bonds is 1. The Labute approximate surface area is 81.4 Å². The maximum atomic E-state index is 11.4. The van der Waals surface area contributed by atoms with Gasteiger partial charge < -0.3 is 0 Å². The molecular weight excluding hydrogens is 178 g/mol. The lowest BCUT2D eigenvalue weighted by molar-refractivity contribution is 0.714. The molecule has 1 heterocycles. The summed E-state index contributed by atoms with van der Waals surface area (Å²) in [6.07, 6.45) is 0. The van der Waals surface area contributed by atoms with Gasteiger partial charge in [0.2, 0.25) is 0 Å². The van der Waals surface area contributed by atoms with E-state index in [1.807, 2.05) is 30.3 Å². The van der Waals surface area contributed by atoms with Gasteiger partial charge in [0.15, 0.2) is 5.82 Å². The first-order valence-electron chi connectivity index (χ1n) is 4.35. The molecule has 4 heteroatoms. The average molecular weight is 189 g/mol. The Morgan fingerprint density at radius 1 is 1.14 bits per heavy atom. The van der Waals surface area contributed by atoms with Crippen molar-refractivity contribution in [1.29, 1.82) is 0 Å². The molecule has 1 aromatic heterocycles. The number of hydrogen-bond donors (Lipinski definition) is 0. The van der Waals surface area contributed by atoms with E-state index in [-0.39, 0.29) is 5.69 Å². The van der Waals surface area contributed by atoms with E-state index in [1.165, 1.54) is 9.25 Å². The molecule has 0 aliphatic heterocycles. The van der Waals surface area contributed by atoms with Crippen molar-refractivity contribution in [2.24, 2.45) is 14.1 Å². The third kappa shape index (κ3) is 1.25. The maximum absolute atomic E-state index is 11.4. The minimum Gasteiger partial charge on any atom is -0.278 e. The highest BCUT2D eigenvalue weighted by molar-refractivity contribution is 5.54. The van der Waals surface area contributed by atoms with Crippen LogP contribution in [0.25, 0.3) is 11.4 Å². The molecule has 0 atom stereocenters. The summed E-state index contributed by atoms with van der Waals surface area (Å²) in [6.45, 7) is 0. The molecule has 0 spiro atoms. The molecule has 1 aromatic carbocycles. The molecule has 0 bridgehead atoms. The lowest BCUT2D eigenvalue weighted by Gasteiger charge is -1.97. The number of hydrogen-bond acceptors (Lipinski definition) is 2. The van der Waals surface area contributed by atoms with Gasteiger partial charge >= 0.3 is 5.69 Å². The van der Waals surface area contributed by atoms with Crippen LogP contribution < -0.4 is 5.69 Å². The second-order valence-corrected chi connectivity index (χ2v) is 3.15. The Morgan fingerprint density at radius 2 is 1.79 bits per heavy atom. The largest absolute Gasteiger partial charge is 0.345 e. The van der Waals surface area contributed by atoms with Crippen LogP contribution in [0.3, 0.4) is 0 Å². The highest BCUT2D eigenvalue weighted by atomic mass is 16.2. The Morgan fingerprint density at radius 3 is 2.29 bits per heavy atom. The van der Waals surface area contributed by atoms with E-state index in [4.69, 9.17) is 0 Å². The summed E-state index contributed by atoms with van der Waals surface area (Å²) in [5, 5.41) is 4.15. The van der Waals surface area contributed by atoms with Crippen LogP contribution in [0, 0.1) is 0 Å². The zero-order valence-corrected chi connectivity index (χ0v) is 8.14. The fourth-order valence-corrected chi connectivity index (χ4v) is 1.40. The molecule has 0 unspecified atom stereocenters. The average Bonchev–Trinajstić information content (AvgIpc) is 2.47. The highest BCUT2D eigenvalue weighted by Crippen LogP contribution is 2.12. The molecule has 0 saturated heterocycles. The SMILES string of the molecule is Cn1nc(-c2ccccc2)n(C)c1=O. The van der Waals surface area contributed by atoms with Crippen molar-refractivity contribution in [2.45, 2.75) is 0 Å². The van der Waals surface area contributed by atoms with E-state index < -0.39 is 0 Å². The van der Waals surface area contributed by atoms with Gasteiger partial charge in [-0.15, -0.1) is 5.10 Å². The van der Waals surface area contributed by atoms with Gasteiger partial charge in [0.25, 0.3) is 0 Å². The van der Waals surface area contributed by atoms with E-state index in [0.717, 1.165) is 5.56 Å².